The molecule has 0 aliphatic carbocycles. The average molecular weight is 349 g/mol. The molecule has 1 aromatic rings. The highest BCUT2D eigenvalue weighted by Crippen LogP contribution is 2.32. The monoisotopic (exact) mass is 349 g/mol. The van der Waals surface area contributed by atoms with Gasteiger partial charge in [-0.3, -0.25) is 14.5 Å². The maximum Gasteiger partial charge on any atom is 0.506 e. The molecule has 2 aliphatic heterocycles. The van der Waals surface area contributed by atoms with Gasteiger partial charge in [0.05, 0.1) is 6.61 Å². The standard InChI is InChI=1S/C16H21N4O5/c1-6-24-10(21)8-20-13(22)11-12(18(5)15(20)23)17-14-19(11)7-9(25-14)16(2,3)4/h7,11H,6,8H2,1-5H3/q+1. The third-order valence-corrected chi connectivity index (χ3v) is 4.10. The Bertz CT molecular complexity index is 789. The fourth-order valence-electron chi connectivity index (χ4n) is 2.74. The van der Waals surface area contributed by atoms with Crippen molar-refractivity contribution in [3.8, 4) is 0 Å². The van der Waals surface area contributed by atoms with Crippen LogP contribution in [0.1, 0.15) is 39.5 Å². The van der Waals surface area contributed by atoms with Crippen LogP contribution >= 0.6 is 0 Å². The Balaban J connectivity index is 1.96. The van der Waals surface area contributed by atoms with Crippen LogP contribution in [0.15, 0.2) is 15.6 Å². The Morgan fingerprint density at radius 2 is 2.08 bits per heavy atom. The smallest absolute Gasteiger partial charge is 0.465 e. The molecule has 3 rings (SSSR count). The summed E-state index contributed by atoms with van der Waals surface area (Å²) in [5.74, 6) is -0.201. The van der Waals surface area contributed by atoms with Gasteiger partial charge in [0.1, 0.15) is 12.7 Å². The molecule has 1 saturated heterocycles. The van der Waals surface area contributed by atoms with Gasteiger partial charge in [-0.1, -0.05) is 20.8 Å². The summed E-state index contributed by atoms with van der Waals surface area (Å²) in [6.45, 7) is 7.36. The first-order valence-corrected chi connectivity index (χ1v) is 8.04. The molecule has 1 unspecified atom stereocenters. The van der Waals surface area contributed by atoms with Crippen LogP contribution < -0.4 is 4.57 Å². The Kier molecular flexibility index (Phi) is 3.89. The summed E-state index contributed by atoms with van der Waals surface area (Å²) in [5, 5.41) is 0. The van der Waals surface area contributed by atoms with E-state index in [1.807, 2.05) is 20.8 Å². The predicted octanol–water partition coefficient (Wildman–Crippen LogP) is 0.906. The molecular formula is C16H21N4O5+. The molecule has 0 aromatic carbocycles. The van der Waals surface area contributed by atoms with Gasteiger partial charge in [0, 0.05) is 17.5 Å². The van der Waals surface area contributed by atoms with E-state index in [9.17, 15) is 14.4 Å². The number of imide groups is 1. The lowest BCUT2D eigenvalue weighted by Crippen LogP contribution is -2.63. The molecule has 134 valence electrons. The van der Waals surface area contributed by atoms with Gasteiger partial charge in [-0.25, -0.2) is 9.69 Å². The number of rotatable bonds is 3. The number of nitrogens with zero attached hydrogens (tertiary/aromatic N) is 4. The van der Waals surface area contributed by atoms with Crippen LogP contribution in [-0.4, -0.2) is 53.7 Å². The Labute approximate surface area is 144 Å². The van der Waals surface area contributed by atoms with Crippen LogP contribution in [0.2, 0.25) is 0 Å². The lowest BCUT2D eigenvalue weighted by Gasteiger charge is -2.31. The molecule has 0 N–H and O–H groups in total. The molecule has 1 fully saturated rings. The number of hydrogen-bond donors (Lipinski definition) is 0. The number of carbonyl (C=O) groups excluding carboxylic acids is 3. The Hall–Kier alpha value is -2.71. The second-order valence-corrected chi connectivity index (χ2v) is 6.98. The van der Waals surface area contributed by atoms with Crippen LogP contribution in [0.25, 0.3) is 0 Å². The molecule has 2 aliphatic rings. The topological polar surface area (TPSA) is 96.3 Å². The summed E-state index contributed by atoms with van der Waals surface area (Å²) in [4.78, 5) is 43.4. The zero-order chi connectivity index (χ0) is 18.5. The highest BCUT2D eigenvalue weighted by atomic mass is 16.5. The van der Waals surface area contributed by atoms with Crippen molar-refractivity contribution in [1.82, 2.24) is 9.80 Å². The molecular weight excluding hydrogens is 328 g/mol. The number of aromatic nitrogens is 1. The van der Waals surface area contributed by atoms with Crippen molar-refractivity contribution in [3.05, 3.63) is 12.0 Å². The SMILES string of the molecule is CCOC(=O)CN1C(=O)C2C(=Nc3oc(C(C)(C)C)c[n+]32)N(C)C1=O. The van der Waals surface area contributed by atoms with Gasteiger partial charge < -0.3 is 9.15 Å². The van der Waals surface area contributed by atoms with Gasteiger partial charge in [0.2, 0.25) is 0 Å². The van der Waals surface area contributed by atoms with Crippen molar-refractivity contribution in [2.45, 2.75) is 39.2 Å². The van der Waals surface area contributed by atoms with E-state index in [0.717, 1.165) is 4.90 Å². The molecule has 9 heteroatoms. The molecule has 0 spiro atoms. The predicted molar refractivity (Wildman–Crippen MR) is 85.2 cm³/mol. The van der Waals surface area contributed by atoms with E-state index in [4.69, 9.17) is 9.15 Å². The minimum Gasteiger partial charge on any atom is -0.465 e. The third-order valence-electron chi connectivity index (χ3n) is 4.10. The van der Waals surface area contributed by atoms with Crippen LogP contribution in [0.3, 0.4) is 0 Å². The number of ether oxygens (including phenoxy) is 1. The molecule has 0 saturated carbocycles. The first-order chi connectivity index (χ1) is 11.6. The zero-order valence-electron chi connectivity index (χ0n) is 14.9. The molecule has 25 heavy (non-hydrogen) atoms. The normalized spacial score (nSPS) is 19.7. The van der Waals surface area contributed by atoms with Crippen molar-refractivity contribution in [1.29, 1.82) is 0 Å². The maximum absolute atomic E-state index is 12.9. The number of likely N-dealkylation sites (N-methyl/N-ethyl adjacent to an activating group) is 1. The van der Waals surface area contributed by atoms with Gasteiger partial charge in [-0.05, 0) is 6.92 Å². The van der Waals surface area contributed by atoms with Gasteiger partial charge in [0.25, 0.3) is 17.8 Å². The lowest BCUT2D eigenvalue weighted by molar-refractivity contribution is -0.679. The van der Waals surface area contributed by atoms with E-state index in [2.05, 4.69) is 4.99 Å². The minimum atomic E-state index is -0.827. The molecule has 1 aromatic heterocycles. The number of fused-ring (bicyclic) bond motifs is 3. The summed E-state index contributed by atoms with van der Waals surface area (Å²) in [6.07, 6.45) is 1.72. The zero-order valence-corrected chi connectivity index (χ0v) is 14.9. The highest BCUT2D eigenvalue weighted by Gasteiger charge is 2.55. The molecule has 3 heterocycles. The quantitative estimate of drug-likeness (QED) is 0.597. The summed E-state index contributed by atoms with van der Waals surface area (Å²) in [5.41, 5.74) is -0.253. The van der Waals surface area contributed by atoms with Crippen molar-refractivity contribution < 1.29 is 28.1 Å². The van der Waals surface area contributed by atoms with Gasteiger partial charge >= 0.3 is 18.0 Å². The third kappa shape index (κ3) is 2.69. The lowest BCUT2D eigenvalue weighted by atomic mass is 9.94. The molecule has 9 nitrogen and oxygen atoms in total. The number of hydrogen-bond acceptors (Lipinski definition) is 6. The first kappa shape index (κ1) is 17.1. The highest BCUT2D eigenvalue weighted by molar-refractivity contribution is 6.19. The Morgan fingerprint density at radius 3 is 2.68 bits per heavy atom. The fraction of sp³-hybridized carbons (Fsp3) is 0.562. The van der Waals surface area contributed by atoms with Crippen molar-refractivity contribution in [2.75, 3.05) is 20.2 Å². The minimum absolute atomic E-state index is 0.177. The van der Waals surface area contributed by atoms with E-state index in [0.29, 0.717) is 5.76 Å². The van der Waals surface area contributed by atoms with E-state index in [1.54, 1.807) is 17.7 Å². The Morgan fingerprint density at radius 1 is 1.40 bits per heavy atom. The number of carbonyl (C=O) groups is 3. The summed E-state index contributed by atoms with van der Waals surface area (Å²) in [6, 6.07) is -1.18. The van der Waals surface area contributed by atoms with Crippen molar-refractivity contribution >= 4 is 29.8 Å². The van der Waals surface area contributed by atoms with Crippen LogP contribution in [0.5, 0.6) is 0 Å². The summed E-state index contributed by atoms with van der Waals surface area (Å²) >= 11 is 0. The van der Waals surface area contributed by atoms with E-state index < -0.39 is 30.5 Å². The number of oxazole rings is 1. The number of urea groups is 1. The number of amides is 3. The first-order valence-electron chi connectivity index (χ1n) is 8.04. The molecule has 3 amide bonds. The van der Waals surface area contributed by atoms with E-state index in [-0.39, 0.29) is 23.9 Å². The number of amidine groups is 1. The maximum atomic E-state index is 12.9. The largest absolute Gasteiger partial charge is 0.506 e. The van der Waals surface area contributed by atoms with Crippen molar-refractivity contribution in [3.63, 3.8) is 0 Å². The van der Waals surface area contributed by atoms with E-state index >= 15 is 0 Å². The summed E-state index contributed by atoms with van der Waals surface area (Å²) < 4.78 is 12.2. The van der Waals surface area contributed by atoms with Crippen LogP contribution in [0, 0.1) is 0 Å². The van der Waals surface area contributed by atoms with Gasteiger partial charge in [-0.15, -0.1) is 0 Å². The second kappa shape index (κ2) is 5.68. The number of esters is 1. The van der Waals surface area contributed by atoms with Crippen LogP contribution in [0.4, 0.5) is 10.8 Å². The van der Waals surface area contributed by atoms with Crippen molar-refractivity contribution in [2.24, 2.45) is 4.99 Å². The summed E-state index contributed by atoms with van der Waals surface area (Å²) in [7, 11) is 1.51. The second-order valence-electron chi connectivity index (χ2n) is 6.98. The fourth-order valence-corrected chi connectivity index (χ4v) is 2.74. The number of aliphatic imine (C=N–C) groups is 1. The van der Waals surface area contributed by atoms with E-state index in [1.165, 1.54) is 11.9 Å². The molecule has 0 radical (unpaired) electrons. The molecule has 1 atom stereocenters. The van der Waals surface area contributed by atoms with Crippen LogP contribution in [-0.2, 0) is 19.7 Å². The average Bonchev–Trinajstić information content (AvgIpc) is 3.07. The van der Waals surface area contributed by atoms with Gasteiger partial charge in [-0.2, -0.15) is 4.57 Å². The van der Waals surface area contributed by atoms with Gasteiger partial charge in [0.15, 0.2) is 5.76 Å². The molecule has 0 bridgehead atoms.